The molecule has 2 rings (SSSR count). The summed E-state index contributed by atoms with van der Waals surface area (Å²) in [6, 6.07) is 15.2. The number of carbonyl (C=O) groups excluding carboxylic acids is 1. The first-order valence-corrected chi connectivity index (χ1v) is 7.90. The van der Waals surface area contributed by atoms with Crippen molar-refractivity contribution in [3.05, 3.63) is 59.7 Å². The lowest BCUT2D eigenvalue weighted by Crippen LogP contribution is -2.40. The number of nitrogens with one attached hydrogen (secondary N) is 1. The first kappa shape index (κ1) is 17.8. The standard InChI is InChI=1S/C19H24N2O3/c1-14(13-22)21(2)19(23)20-17-9-10-18(24-3)16(12-17)11-15-7-5-4-6-8-15/h4-10,12,14,22H,11,13H2,1-3H3,(H,20,23)/t14-/m0/s1. The van der Waals surface area contributed by atoms with Gasteiger partial charge in [0.15, 0.2) is 0 Å². The number of aliphatic hydroxyl groups is 1. The molecule has 24 heavy (non-hydrogen) atoms. The van der Waals surface area contributed by atoms with E-state index < -0.39 is 0 Å². The lowest BCUT2D eigenvalue weighted by Gasteiger charge is -2.23. The second kappa shape index (κ2) is 8.36. The van der Waals surface area contributed by atoms with Gasteiger partial charge in [0.25, 0.3) is 0 Å². The molecular formula is C19H24N2O3. The Morgan fingerprint density at radius 3 is 2.58 bits per heavy atom. The largest absolute Gasteiger partial charge is 0.496 e. The van der Waals surface area contributed by atoms with Gasteiger partial charge < -0.3 is 20.1 Å². The van der Waals surface area contributed by atoms with Crippen molar-refractivity contribution in [3.63, 3.8) is 0 Å². The van der Waals surface area contributed by atoms with Gasteiger partial charge >= 0.3 is 6.03 Å². The number of hydrogen-bond donors (Lipinski definition) is 2. The molecule has 0 bridgehead atoms. The summed E-state index contributed by atoms with van der Waals surface area (Å²) in [5, 5.41) is 12.0. The first-order valence-electron chi connectivity index (χ1n) is 7.90. The Bertz CT molecular complexity index is 674. The highest BCUT2D eigenvalue weighted by atomic mass is 16.5. The predicted octanol–water partition coefficient (Wildman–Crippen LogP) is 3.13. The summed E-state index contributed by atoms with van der Waals surface area (Å²) >= 11 is 0. The molecule has 0 fully saturated rings. The molecule has 0 heterocycles. The molecule has 0 saturated carbocycles. The molecule has 0 aliphatic heterocycles. The number of urea groups is 1. The number of aliphatic hydroxyl groups excluding tert-OH is 1. The molecule has 2 aromatic rings. The van der Waals surface area contributed by atoms with Crippen molar-refractivity contribution in [2.75, 3.05) is 26.1 Å². The zero-order chi connectivity index (χ0) is 17.5. The molecule has 2 N–H and O–H groups in total. The Kier molecular flexibility index (Phi) is 6.21. The number of likely N-dealkylation sites (N-methyl/N-ethyl adjacent to an activating group) is 1. The number of amides is 2. The highest BCUT2D eigenvalue weighted by molar-refractivity contribution is 5.89. The third-order valence-electron chi connectivity index (χ3n) is 4.01. The van der Waals surface area contributed by atoms with Crippen LogP contribution in [0.25, 0.3) is 0 Å². The van der Waals surface area contributed by atoms with E-state index in [-0.39, 0.29) is 18.7 Å². The van der Waals surface area contributed by atoms with Crippen LogP contribution in [0.3, 0.4) is 0 Å². The van der Waals surface area contributed by atoms with E-state index in [1.165, 1.54) is 10.5 Å². The lowest BCUT2D eigenvalue weighted by molar-refractivity contribution is 0.166. The van der Waals surface area contributed by atoms with Crippen LogP contribution in [-0.2, 0) is 6.42 Å². The van der Waals surface area contributed by atoms with Crippen LogP contribution >= 0.6 is 0 Å². The summed E-state index contributed by atoms with van der Waals surface area (Å²) in [6.45, 7) is 1.71. The first-order chi connectivity index (χ1) is 11.5. The van der Waals surface area contributed by atoms with Gasteiger partial charge in [-0.05, 0) is 30.7 Å². The van der Waals surface area contributed by atoms with E-state index in [2.05, 4.69) is 17.4 Å². The van der Waals surface area contributed by atoms with Gasteiger partial charge in [-0.25, -0.2) is 4.79 Å². The molecule has 0 aromatic heterocycles. The summed E-state index contributed by atoms with van der Waals surface area (Å²) in [4.78, 5) is 13.7. The van der Waals surface area contributed by atoms with Crippen molar-refractivity contribution in [1.82, 2.24) is 4.90 Å². The van der Waals surface area contributed by atoms with Gasteiger partial charge in [-0.15, -0.1) is 0 Å². The number of hydrogen-bond acceptors (Lipinski definition) is 3. The second-order valence-electron chi connectivity index (χ2n) is 5.76. The third-order valence-corrected chi connectivity index (χ3v) is 4.01. The molecule has 0 unspecified atom stereocenters. The molecule has 2 aromatic carbocycles. The number of ether oxygens (including phenoxy) is 1. The number of methoxy groups -OCH3 is 1. The second-order valence-corrected chi connectivity index (χ2v) is 5.76. The summed E-state index contributed by atoms with van der Waals surface area (Å²) in [5.74, 6) is 0.786. The minimum absolute atomic E-state index is 0.0776. The average molecular weight is 328 g/mol. The SMILES string of the molecule is COc1ccc(NC(=O)N(C)[C@@H](C)CO)cc1Cc1ccccc1. The van der Waals surface area contributed by atoms with E-state index in [0.717, 1.165) is 17.7 Å². The monoisotopic (exact) mass is 328 g/mol. The Hall–Kier alpha value is -2.53. The fourth-order valence-corrected chi connectivity index (χ4v) is 2.34. The van der Waals surface area contributed by atoms with Crippen LogP contribution in [0, 0.1) is 0 Å². The molecule has 1 atom stereocenters. The molecule has 0 aliphatic carbocycles. The van der Waals surface area contributed by atoms with Gasteiger partial charge in [-0.2, -0.15) is 0 Å². The van der Waals surface area contributed by atoms with Crippen molar-refractivity contribution in [3.8, 4) is 5.75 Å². The van der Waals surface area contributed by atoms with Gasteiger partial charge in [0.2, 0.25) is 0 Å². The molecule has 0 spiro atoms. The Balaban J connectivity index is 2.17. The number of rotatable bonds is 6. The summed E-state index contributed by atoms with van der Waals surface area (Å²) in [7, 11) is 3.30. The van der Waals surface area contributed by atoms with E-state index in [9.17, 15) is 4.79 Å². The Morgan fingerprint density at radius 2 is 1.96 bits per heavy atom. The molecule has 5 heteroatoms. The maximum Gasteiger partial charge on any atom is 0.321 e. The topological polar surface area (TPSA) is 61.8 Å². The molecule has 2 amide bonds. The minimum Gasteiger partial charge on any atom is -0.496 e. The number of nitrogens with zero attached hydrogens (tertiary/aromatic N) is 1. The van der Waals surface area contributed by atoms with Gasteiger partial charge in [-0.3, -0.25) is 0 Å². The predicted molar refractivity (Wildman–Crippen MR) is 95.6 cm³/mol. The summed E-state index contributed by atoms with van der Waals surface area (Å²) in [6.07, 6.45) is 0.719. The maximum atomic E-state index is 12.2. The summed E-state index contributed by atoms with van der Waals surface area (Å²) < 4.78 is 5.42. The minimum atomic E-state index is -0.257. The molecule has 0 aliphatic rings. The Labute approximate surface area is 142 Å². The molecular weight excluding hydrogens is 304 g/mol. The summed E-state index contributed by atoms with van der Waals surface area (Å²) in [5.41, 5.74) is 2.87. The highest BCUT2D eigenvalue weighted by Gasteiger charge is 2.15. The highest BCUT2D eigenvalue weighted by Crippen LogP contribution is 2.25. The van der Waals surface area contributed by atoms with Crippen molar-refractivity contribution >= 4 is 11.7 Å². The van der Waals surface area contributed by atoms with Crippen LogP contribution in [0.1, 0.15) is 18.1 Å². The molecule has 128 valence electrons. The van der Waals surface area contributed by atoms with Gasteiger partial charge in [0.05, 0.1) is 19.8 Å². The van der Waals surface area contributed by atoms with E-state index in [0.29, 0.717) is 5.69 Å². The normalized spacial score (nSPS) is 11.7. The van der Waals surface area contributed by atoms with E-state index >= 15 is 0 Å². The molecule has 5 nitrogen and oxygen atoms in total. The van der Waals surface area contributed by atoms with E-state index in [1.54, 1.807) is 21.1 Å². The maximum absolute atomic E-state index is 12.2. The number of carbonyl (C=O) groups is 1. The van der Waals surface area contributed by atoms with Gasteiger partial charge in [0.1, 0.15) is 5.75 Å². The lowest BCUT2D eigenvalue weighted by atomic mass is 10.0. The number of benzene rings is 2. The average Bonchev–Trinajstić information content (AvgIpc) is 2.61. The zero-order valence-electron chi connectivity index (χ0n) is 14.3. The fourth-order valence-electron chi connectivity index (χ4n) is 2.34. The van der Waals surface area contributed by atoms with Crippen LogP contribution in [-0.4, -0.2) is 42.8 Å². The van der Waals surface area contributed by atoms with Gasteiger partial charge in [-0.1, -0.05) is 30.3 Å². The van der Waals surface area contributed by atoms with Crippen molar-refractivity contribution in [2.24, 2.45) is 0 Å². The van der Waals surface area contributed by atoms with Crippen LogP contribution < -0.4 is 10.1 Å². The smallest absolute Gasteiger partial charge is 0.321 e. The van der Waals surface area contributed by atoms with Crippen LogP contribution in [0.15, 0.2) is 48.5 Å². The van der Waals surface area contributed by atoms with Crippen LogP contribution in [0.4, 0.5) is 10.5 Å². The quantitative estimate of drug-likeness (QED) is 0.856. The third kappa shape index (κ3) is 4.49. The number of anilines is 1. The van der Waals surface area contributed by atoms with Crippen molar-refractivity contribution < 1.29 is 14.6 Å². The zero-order valence-corrected chi connectivity index (χ0v) is 14.3. The molecule has 0 saturated heterocycles. The van der Waals surface area contributed by atoms with E-state index in [1.807, 2.05) is 36.4 Å². The van der Waals surface area contributed by atoms with Crippen molar-refractivity contribution in [2.45, 2.75) is 19.4 Å². The van der Waals surface area contributed by atoms with Gasteiger partial charge in [0, 0.05) is 24.7 Å². The van der Waals surface area contributed by atoms with Crippen LogP contribution in [0.2, 0.25) is 0 Å². The van der Waals surface area contributed by atoms with E-state index in [4.69, 9.17) is 9.84 Å². The van der Waals surface area contributed by atoms with Crippen LogP contribution in [0.5, 0.6) is 5.75 Å². The molecule has 0 radical (unpaired) electrons. The van der Waals surface area contributed by atoms with Crippen molar-refractivity contribution in [1.29, 1.82) is 0 Å². The Morgan fingerprint density at radius 1 is 1.25 bits per heavy atom. The fraction of sp³-hybridized carbons (Fsp3) is 0.316.